The van der Waals surface area contributed by atoms with Crippen LogP contribution in [0.3, 0.4) is 0 Å². The number of H-pyrrole nitrogens is 1. The van der Waals surface area contributed by atoms with Gasteiger partial charge in [-0.3, -0.25) is 19.4 Å². The molecule has 0 atom stereocenters. The van der Waals surface area contributed by atoms with Crippen molar-refractivity contribution in [2.45, 2.75) is 32.1 Å². The Hall–Kier alpha value is -3.78. The van der Waals surface area contributed by atoms with Gasteiger partial charge in [0.25, 0.3) is 11.8 Å². The second-order valence-electron chi connectivity index (χ2n) is 9.13. The summed E-state index contributed by atoms with van der Waals surface area (Å²) in [5.74, 6) is -0.162. The molecule has 0 radical (unpaired) electrons. The minimum atomic E-state index is -0.286. The maximum atomic E-state index is 13.3. The van der Waals surface area contributed by atoms with E-state index >= 15 is 0 Å². The Labute approximate surface area is 213 Å². The summed E-state index contributed by atoms with van der Waals surface area (Å²) in [5.41, 5.74) is 3.07. The number of carbonyl (C=O) groups excluding carboxylic acids is 2. The van der Waals surface area contributed by atoms with Gasteiger partial charge in [-0.15, -0.1) is 11.3 Å². The Morgan fingerprint density at radius 3 is 2.67 bits per heavy atom. The number of nitrogens with one attached hydrogen (secondary N) is 2. The summed E-state index contributed by atoms with van der Waals surface area (Å²) in [4.78, 5) is 49.1. The number of benzene rings is 1. The predicted molar refractivity (Wildman–Crippen MR) is 142 cm³/mol. The van der Waals surface area contributed by atoms with Gasteiger partial charge in [-0.1, -0.05) is 24.3 Å². The van der Waals surface area contributed by atoms with E-state index in [2.05, 4.69) is 16.4 Å². The summed E-state index contributed by atoms with van der Waals surface area (Å²) in [5, 5.41) is 5.82. The number of para-hydroxylation sites is 1. The van der Waals surface area contributed by atoms with E-state index in [9.17, 15) is 14.4 Å². The van der Waals surface area contributed by atoms with Crippen molar-refractivity contribution < 1.29 is 9.59 Å². The lowest BCUT2D eigenvalue weighted by molar-refractivity contribution is 0.0712. The number of nitrogens with zero attached hydrogens (tertiary/aromatic N) is 2. The number of fused-ring (bicyclic) bond motifs is 1. The average molecular weight is 501 g/mol. The van der Waals surface area contributed by atoms with E-state index in [-0.39, 0.29) is 23.3 Å². The molecule has 1 aliphatic rings. The monoisotopic (exact) mass is 500 g/mol. The van der Waals surface area contributed by atoms with Crippen LogP contribution in [-0.2, 0) is 6.42 Å². The molecule has 0 unspecified atom stereocenters. The molecule has 0 spiro atoms. The first-order chi connectivity index (χ1) is 17.5. The smallest absolute Gasteiger partial charge is 0.254 e. The van der Waals surface area contributed by atoms with Crippen LogP contribution in [-0.4, -0.2) is 46.3 Å². The SMILES string of the molecule is Cc1ccc(C(=O)NCCc2cccs2)c(C2CCN(C(=O)c3cc(=O)[nH]c4ccccc34)CC2)n1. The molecule has 0 saturated carbocycles. The Balaban J connectivity index is 1.28. The van der Waals surface area contributed by atoms with Crippen molar-refractivity contribution in [1.29, 1.82) is 0 Å². The van der Waals surface area contributed by atoms with Gasteiger partial charge in [-0.25, -0.2) is 0 Å². The van der Waals surface area contributed by atoms with Crippen LogP contribution in [0, 0.1) is 6.92 Å². The zero-order valence-electron chi connectivity index (χ0n) is 20.1. The molecule has 1 fully saturated rings. The first-order valence-electron chi connectivity index (χ1n) is 12.2. The van der Waals surface area contributed by atoms with E-state index in [1.54, 1.807) is 22.3 Å². The number of carbonyl (C=O) groups is 2. The van der Waals surface area contributed by atoms with Crippen molar-refractivity contribution in [3.8, 4) is 0 Å². The lowest BCUT2D eigenvalue weighted by atomic mass is 9.89. The van der Waals surface area contributed by atoms with Gasteiger partial charge >= 0.3 is 0 Å². The predicted octanol–water partition coefficient (Wildman–Crippen LogP) is 4.29. The maximum Gasteiger partial charge on any atom is 0.254 e. The van der Waals surface area contributed by atoms with Crippen LogP contribution >= 0.6 is 11.3 Å². The van der Waals surface area contributed by atoms with Crippen LogP contribution in [0.4, 0.5) is 0 Å². The highest BCUT2D eigenvalue weighted by molar-refractivity contribution is 7.09. The summed E-state index contributed by atoms with van der Waals surface area (Å²) in [6.45, 7) is 3.59. The summed E-state index contributed by atoms with van der Waals surface area (Å²) >= 11 is 1.69. The fourth-order valence-electron chi connectivity index (χ4n) is 4.84. The van der Waals surface area contributed by atoms with Crippen molar-refractivity contribution in [2.75, 3.05) is 19.6 Å². The Kier molecular flexibility index (Phi) is 6.95. The molecule has 3 aromatic heterocycles. The zero-order valence-corrected chi connectivity index (χ0v) is 20.9. The number of rotatable bonds is 6. The molecule has 4 aromatic rings. The van der Waals surface area contributed by atoms with Gasteiger partial charge in [0.15, 0.2) is 0 Å². The van der Waals surface area contributed by atoms with Crippen molar-refractivity contribution in [2.24, 2.45) is 0 Å². The molecular formula is C28H28N4O3S. The van der Waals surface area contributed by atoms with Gasteiger partial charge < -0.3 is 15.2 Å². The minimum Gasteiger partial charge on any atom is -0.352 e. The highest BCUT2D eigenvalue weighted by Gasteiger charge is 2.29. The molecule has 8 heteroatoms. The molecule has 1 saturated heterocycles. The van der Waals surface area contributed by atoms with Crippen LogP contribution in [0.1, 0.15) is 55.7 Å². The molecule has 1 aromatic carbocycles. The third-order valence-electron chi connectivity index (χ3n) is 6.70. The fraction of sp³-hybridized carbons (Fsp3) is 0.286. The number of thiophene rings is 1. The van der Waals surface area contributed by atoms with Gasteiger partial charge in [0.05, 0.1) is 16.8 Å². The average Bonchev–Trinajstić information content (AvgIpc) is 3.41. The molecule has 5 rings (SSSR count). The molecule has 184 valence electrons. The van der Waals surface area contributed by atoms with Gasteiger partial charge in [0.1, 0.15) is 0 Å². The van der Waals surface area contributed by atoms with Gasteiger partial charge in [-0.05, 0) is 55.8 Å². The molecular weight excluding hydrogens is 472 g/mol. The molecule has 1 aliphatic heterocycles. The molecule has 36 heavy (non-hydrogen) atoms. The number of aromatic amines is 1. The van der Waals surface area contributed by atoms with Gasteiger partial charge in [-0.2, -0.15) is 0 Å². The number of amides is 2. The molecule has 0 aliphatic carbocycles. The lowest BCUT2D eigenvalue weighted by Crippen LogP contribution is -2.39. The normalized spacial score (nSPS) is 14.2. The number of likely N-dealkylation sites (tertiary alicyclic amines) is 1. The van der Waals surface area contributed by atoms with E-state index in [4.69, 9.17) is 4.98 Å². The van der Waals surface area contributed by atoms with Crippen LogP contribution < -0.4 is 10.9 Å². The Morgan fingerprint density at radius 1 is 1.08 bits per heavy atom. The fourth-order valence-corrected chi connectivity index (χ4v) is 5.55. The number of hydrogen-bond donors (Lipinski definition) is 2. The largest absolute Gasteiger partial charge is 0.352 e. The second-order valence-corrected chi connectivity index (χ2v) is 10.2. The number of piperidine rings is 1. The number of hydrogen-bond acceptors (Lipinski definition) is 5. The van der Waals surface area contributed by atoms with E-state index in [0.717, 1.165) is 23.2 Å². The maximum absolute atomic E-state index is 13.3. The van der Waals surface area contributed by atoms with Crippen LogP contribution in [0.5, 0.6) is 0 Å². The molecule has 2 N–H and O–H groups in total. The van der Waals surface area contributed by atoms with Gasteiger partial charge in [0.2, 0.25) is 5.56 Å². The summed E-state index contributed by atoms with van der Waals surface area (Å²) in [6.07, 6.45) is 2.22. The third kappa shape index (κ3) is 5.09. The van der Waals surface area contributed by atoms with Crippen molar-refractivity contribution >= 4 is 34.1 Å². The van der Waals surface area contributed by atoms with Crippen LogP contribution in [0.25, 0.3) is 10.9 Å². The van der Waals surface area contributed by atoms with E-state index in [1.165, 1.54) is 10.9 Å². The summed E-state index contributed by atoms with van der Waals surface area (Å²) < 4.78 is 0. The first-order valence-corrected chi connectivity index (χ1v) is 13.1. The number of aromatic nitrogens is 2. The van der Waals surface area contributed by atoms with E-state index in [1.807, 2.05) is 48.7 Å². The quantitative estimate of drug-likeness (QED) is 0.413. The van der Waals surface area contributed by atoms with Crippen molar-refractivity contribution in [3.63, 3.8) is 0 Å². The summed E-state index contributed by atoms with van der Waals surface area (Å²) in [7, 11) is 0. The second kappa shape index (κ2) is 10.5. The van der Waals surface area contributed by atoms with Gasteiger partial charge in [0, 0.05) is 53.1 Å². The number of pyridine rings is 2. The molecule has 4 heterocycles. The van der Waals surface area contributed by atoms with Crippen LogP contribution in [0.2, 0.25) is 0 Å². The van der Waals surface area contributed by atoms with Crippen molar-refractivity contribution in [3.05, 3.63) is 97.7 Å². The van der Waals surface area contributed by atoms with E-state index < -0.39 is 0 Å². The Morgan fingerprint density at radius 2 is 1.89 bits per heavy atom. The minimum absolute atomic E-state index is 0.0860. The highest BCUT2D eigenvalue weighted by Crippen LogP contribution is 2.30. The topological polar surface area (TPSA) is 95.2 Å². The summed E-state index contributed by atoms with van der Waals surface area (Å²) in [6, 6.07) is 16.5. The lowest BCUT2D eigenvalue weighted by Gasteiger charge is -2.32. The van der Waals surface area contributed by atoms with Crippen LogP contribution in [0.15, 0.2) is 64.8 Å². The Bertz CT molecular complexity index is 1450. The number of aryl methyl sites for hydroxylation is 1. The van der Waals surface area contributed by atoms with Crippen molar-refractivity contribution in [1.82, 2.24) is 20.2 Å². The van der Waals surface area contributed by atoms with E-state index in [0.29, 0.717) is 49.1 Å². The first kappa shape index (κ1) is 23.9. The standard InChI is InChI=1S/C28H28N4O3S/c1-18-8-9-22(27(34)29-13-10-20-5-4-16-36-20)26(30-18)19-11-14-32(15-12-19)28(35)23-17-25(33)31-24-7-3-2-6-21(23)24/h2-9,16-17,19H,10-15H2,1H3,(H,29,34)(H,31,33). The molecule has 2 amide bonds. The molecule has 0 bridgehead atoms. The zero-order chi connectivity index (χ0) is 25.1. The highest BCUT2D eigenvalue weighted by atomic mass is 32.1. The third-order valence-corrected chi connectivity index (χ3v) is 7.63. The molecule has 7 nitrogen and oxygen atoms in total.